The molecule has 0 bridgehead atoms. The molecule has 0 unspecified atom stereocenters. The van der Waals surface area contributed by atoms with Gasteiger partial charge >= 0.3 is 0 Å². The number of rotatable bonds is 2. The Morgan fingerprint density at radius 2 is 1.94 bits per heavy atom. The highest BCUT2D eigenvalue weighted by Crippen LogP contribution is 2.27. The average molecular weight is 220 g/mol. The fraction of sp³-hybridized carbons (Fsp3) is 0.357. The number of hydrogen-bond donors (Lipinski definition) is 0. The molecule has 0 radical (unpaired) electrons. The minimum Gasteiger partial charge on any atom is -0.294 e. The second-order valence-corrected chi connectivity index (χ2v) is 4.93. The first kappa shape index (κ1) is 12.6. The number of carbonyl (C=O) groups excluding carboxylic acids is 1. The van der Waals surface area contributed by atoms with Crippen molar-refractivity contribution < 1.29 is 9.18 Å². The van der Waals surface area contributed by atoms with Crippen molar-refractivity contribution in [1.82, 2.24) is 0 Å². The maximum atomic E-state index is 13.8. The minimum atomic E-state index is -0.463. The average Bonchev–Trinajstić information content (AvgIpc) is 2.14. The fourth-order valence-electron chi connectivity index (χ4n) is 1.59. The molecule has 0 aromatic heterocycles. The number of halogens is 1. The largest absolute Gasteiger partial charge is 0.294 e. The zero-order valence-corrected chi connectivity index (χ0v) is 10.2. The molecule has 1 aromatic carbocycles. The SMILES string of the molecule is C=Cc1cc(C(C)(C)C)cc(F)c1C(C)=O. The first-order valence-electron chi connectivity index (χ1n) is 5.24. The summed E-state index contributed by atoms with van der Waals surface area (Å²) in [6.45, 7) is 11.0. The van der Waals surface area contributed by atoms with Gasteiger partial charge in [0.25, 0.3) is 0 Å². The van der Waals surface area contributed by atoms with E-state index in [2.05, 4.69) is 6.58 Å². The van der Waals surface area contributed by atoms with Crippen molar-refractivity contribution >= 4 is 11.9 Å². The molecule has 16 heavy (non-hydrogen) atoms. The molecule has 0 heterocycles. The Morgan fingerprint density at radius 3 is 2.31 bits per heavy atom. The molecule has 0 fully saturated rings. The van der Waals surface area contributed by atoms with Crippen LogP contribution >= 0.6 is 0 Å². The lowest BCUT2D eigenvalue weighted by atomic mass is 9.84. The lowest BCUT2D eigenvalue weighted by molar-refractivity contribution is 0.101. The summed E-state index contributed by atoms with van der Waals surface area (Å²) in [4.78, 5) is 11.3. The normalized spacial score (nSPS) is 11.3. The number of ketones is 1. The Labute approximate surface area is 96.0 Å². The van der Waals surface area contributed by atoms with Crippen LogP contribution in [0.5, 0.6) is 0 Å². The van der Waals surface area contributed by atoms with E-state index in [1.54, 1.807) is 0 Å². The molecule has 86 valence electrons. The van der Waals surface area contributed by atoms with Crippen LogP contribution in [0.2, 0.25) is 0 Å². The summed E-state index contributed by atoms with van der Waals surface area (Å²) in [5.41, 5.74) is 1.42. The molecule has 0 N–H and O–H groups in total. The summed E-state index contributed by atoms with van der Waals surface area (Å²) in [5, 5.41) is 0. The molecule has 0 spiro atoms. The number of benzene rings is 1. The van der Waals surface area contributed by atoms with Crippen LogP contribution in [0, 0.1) is 5.82 Å². The van der Waals surface area contributed by atoms with Crippen molar-refractivity contribution in [3.63, 3.8) is 0 Å². The number of Topliss-reactive ketones (excluding diaryl/α,β-unsaturated/α-hetero) is 1. The Balaban J connectivity index is 3.50. The Hall–Kier alpha value is -1.44. The van der Waals surface area contributed by atoms with E-state index in [0.717, 1.165) is 5.56 Å². The van der Waals surface area contributed by atoms with Crippen molar-refractivity contribution in [2.45, 2.75) is 33.1 Å². The van der Waals surface area contributed by atoms with Gasteiger partial charge in [-0.15, -0.1) is 0 Å². The lowest BCUT2D eigenvalue weighted by Gasteiger charge is -2.20. The van der Waals surface area contributed by atoms with Crippen molar-refractivity contribution in [3.05, 3.63) is 41.2 Å². The molecule has 1 nitrogen and oxygen atoms in total. The van der Waals surface area contributed by atoms with Crippen LogP contribution in [0.1, 0.15) is 49.2 Å². The van der Waals surface area contributed by atoms with Gasteiger partial charge in [-0.1, -0.05) is 39.5 Å². The van der Waals surface area contributed by atoms with Crippen LogP contribution in [-0.2, 0) is 5.41 Å². The zero-order valence-electron chi connectivity index (χ0n) is 10.2. The molecule has 0 saturated heterocycles. The molecule has 0 aliphatic rings. The smallest absolute Gasteiger partial charge is 0.163 e. The highest BCUT2D eigenvalue weighted by atomic mass is 19.1. The van der Waals surface area contributed by atoms with Crippen LogP contribution in [-0.4, -0.2) is 5.78 Å². The van der Waals surface area contributed by atoms with E-state index in [1.165, 1.54) is 19.1 Å². The van der Waals surface area contributed by atoms with Gasteiger partial charge < -0.3 is 0 Å². The summed E-state index contributed by atoms with van der Waals surface area (Å²) in [7, 11) is 0. The first-order chi connectivity index (χ1) is 7.27. The van der Waals surface area contributed by atoms with Crippen LogP contribution in [0.4, 0.5) is 4.39 Å². The predicted molar refractivity (Wildman–Crippen MR) is 65.2 cm³/mol. The molecule has 0 aliphatic heterocycles. The summed E-state index contributed by atoms with van der Waals surface area (Å²) < 4.78 is 13.8. The van der Waals surface area contributed by atoms with E-state index < -0.39 is 5.82 Å². The maximum Gasteiger partial charge on any atom is 0.163 e. The molecule has 0 amide bonds. The van der Waals surface area contributed by atoms with E-state index in [-0.39, 0.29) is 16.8 Å². The van der Waals surface area contributed by atoms with Gasteiger partial charge in [0.2, 0.25) is 0 Å². The standard InChI is InChI=1S/C14H17FO/c1-6-10-7-11(14(3,4)5)8-12(15)13(10)9(2)16/h6-8H,1H2,2-5H3. The summed E-state index contributed by atoms with van der Waals surface area (Å²) in [6.07, 6.45) is 1.52. The van der Waals surface area contributed by atoms with Gasteiger partial charge in [0.05, 0.1) is 5.56 Å². The van der Waals surface area contributed by atoms with Crippen LogP contribution in [0.15, 0.2) is 18.7 Å². The molecule has 1 aromatic rings. The van der Waals surface area contributed by atoms with Crippen LogP contribution in [0.25, 0.3) is 6.08 Å². The Bertz CT molecular complexity index is 439. The van der Waals surface area contributed by atoms with Gasteiger partial charge in [-0.25, -0.2) is 4.39 Å². The maximum absolute atomic E-state index is 13.8. The van der Waals surface area contributed by atoms with Gasteiger partial charge in [-0.3, -0.25) is 4.79 Å². The van der Waals surface area contributed by atoms with Crippen molar-refractivity contribution in [2.75, 3.05) is 0 Å². The Morgan fingerprint density at radius 1 is 1.38 bits per heavy atom. The van der Waals surface area contributed by atoms with Crippen molar-refractivity contribution in [1.29, 1.82) is 0 Å². The second-order valence-electron chi connectivity index (χ2n) is 4.93. The molecule has 2 heteroatoms. The summed E-state index contributed by atoms with van der Waals surface area (Å²) in [6, 6.07) is 3.26. The van der Waals surface area contributed by atoms with E-state index in [4.69, 9.17) is 0 Å². The number of carbonyl (C=O) groups is 1. The van der Waals surface area contributed by atoms with Gasteiger partial charge in [-0.2, -0.15) is 0 Å². The van der Waals surface area contributed by atoms with E-state index >= 15 is 0 Å². The van der Waals surface area contributed by atoms with Gasteiger partial charge in [-0.05, 0) is 29.5 Å². The van der Waals surface area contributed by atoms with E-state index in [9.17, 15) is 9.18 Å². The lowest BCUT2D eigenvalue weighted by Crippen LogP contribution is -2.13. The van der Waals surface area contributed by atoms with Crippen molar-refractivity contribution in [2.24, 2.45) is 0 Å². The van der Waals surface area contributed by atoms with Gasteiger partial charge in [0, 0.05) is 0 Å². The summed E-state index contributed by atoms with van der Waals surface area (Å²) >= 11 is 0. The molecular formula is C14H17FO. The van der Waals surface area contributed by atoms with E-state index in [1.807, 2.05) is 26.8 Å². The third kappa shape index (κ3) is 2.38. The van der Waals surface area contributed by atoms with Crippen LogP contribution < -0.4 is 0 Å². The summed E-state index contributed by atoms with van der Waals surface area (Å²) in [5.74, 6) is -0.734. The molecule has 1 rings (SSSR count). The molecule has 0 atom stereocenters. The van der Waals surface area contributed by atoms with E-state index in [0.29, 0.717) is 5.56 Å². The third-order valence-electron chi connectivity index (χ3n) is 2.56. The molecular weight excluding hydrogens is 203 g/mol. The predicted octanol–water partition coefficient (Wildman–Crippen LogP) is 3.97. The van der Waals surface area contributed by atoms with Gasteiger partial charge in [0.1, 0.15) is 5.82 Å². The topological polar surface area (TPSA) is 17.1 Å². The first-order valence-corrected chi connectivity index (χ1v) is 5.24. The second kappa shape index (κ2) is 4.20. The molecule has 0 aliphatic carbocycles. The minimum absolute atomic E-state index is 0.128. The fourth-order valence-corrected chi connectivity index (χ4v) is 1.59. The zero-order chi connectivity index (χ0) is 12.5. The monoisotopic (exact) mass is 220 g/mol. The quantitative estimate of drug-likeness (QED) is 0.689. The highest BCUT2D eigenvalue weighted by Gasteiger charge is 2.19. The Kier molecular flexibility index (Phi) is 3.32. The molecule has 0 saturated carbocycles. The van der Waals surface area contributed by atoms with Crippen molar-refractivity contribution in [3.8, 4) is 0 Å². The number of hydrogen-bond acceptors (Lipinski definition) is 1. The third-order valence-corrected chi connectivity index (χ3v) is 2.56. The highest BCUT2D eigenvalue weighted by molar-refractivity contribution is 5.98. The van der Waals surface area contributed by atoms with Crippen LogP contribution in [0.3, 0.4) is 0 Å². The van der Waals surface area contributed by atoms with Gasteiger partial charge in [0.15, 0.2) is 5.78 Å².